The van der Waals surface area contributed by atoms with Crippen LogP contribution in [0.4, 0.5) is 0 Å². The van der Waals surface area contributed by atoms with Crippen LogP contribution in [-0.2, 0) is 0 Å². The number of guanidine groups is 1. The summed E-state index contributed by atoms with van der Waals surface area (Å²) in [5, 5.41) is 9.31. The Morgan fingerprint density at radius 2 is 2.12 bits per heavy atom. The highest BCUT2D eigenvalue weighted by molar-refractivity contribution is 7.10. The Balaban J connectivity index is 1.50. The highest BCUT2D eigenvalue weighted by Gasteiger charge is 2.24. The predicted molar refractivity (Wildman–Crippen MR) is 107 cm³/mol. The predicted octanol–water partition coefficient (Wildman–Crippen LogP) is 2.39. The zero-order valence-electron chi connectivity index (χ0n) is 15.7. The van der Waals surface area contributed by atoms with Crippen LogP contribution in [-0.4, -0.2) is 69.1 Å². The summed E-state index contributed by atoms with van der Waals surface area (Å²) in [6.45, 7) is 6.79. The minimum absolute atomic E-state index is 0.460. The molecule has 0 aliphatic carbocycles. The van der Waals surface area contributed by atoms with Crippen molar-refractivity contribution < 1.29 is 0 Å². The smallest absolute Gasteiger partial charge is 0.191 e. The topological polar surface area (TPSA) is 42.9 Å². The Morgan fingerprint density at radius 3 is 2.80 bits per heavy atom. The summed E-state index contributed by atoms with van der Waals surface area (Å²) < 4.78 is 0. The maximum atomic E-state index is 4.44. The summed E-state index contributed by atoms with van der Waals surface area (Å²) in [6.07, 6.45) is 5.28. The Hall–Kier alpha value is -1.11. The van der Waals surface area contributed by atoms with E-state index in [1.807, 2.05) is 18.4 Å². The van der Waals surface area contributed by atoms with Crippen LogP contribution in [0.5, 0.6) is 0 Å². The third-order valence-electron chi connectivity index (χ3n) is 5.42. The maximum Gasteiger partial charge on any atom is 0.191 e. The first-order valence-electron chi connectivity index (χ1n) is 9.67. The van der Waals surface area contributed by atoms with Crippen LogP contribution in [0.15, 0.2) is 22.5 Å². The van der Waals surface area contributed by atoms with Crippen molar-refractivity contribution >= 4 is 17.3 Å². The third-order valence-corrected chi connectivity index (χ3v) is 6.39. The van der Waals surface area contributed by atoms with Gasteiger partial charge in [-0.3, -0.25) is 9.89 Å². The summed E-state index contributed by atoms with van der Waals surface area (Å²) in [6, 6.07) is 4.89. The van der Waals surface area contributed by atoms with Crippen molar-refractivity contribution in [3.8, 4) is 0 Å². The van der Waals surface area contributed by atoms with Crippen molar-refractivity contribution in [2.45, 2.75) is 31.7 Å². The Morgan fingerprint density at radius 1 is 1.28 bits per heavy atom. The summed E-state index contributed by atoms with van der Waals surface area (Å²) in [7, 11) is 4.10. The monoisotopic (exact) mass is 363 g/mol. The fourth-order valence-corrected chi connectivity index (χ4v) is 4.90. The zero-order valence-corrected chi connectivity index (χ0v) is 16.5. The second-order valence-corrected chi connectivity index (χ2v) is 8.36. The second-order valence-electron chi connectivity index (χ2n) is 7.38. The lowest BCUT2D eigenvalue weighted by atomic mass is 9.99. The molecule has 2 unspecified atom stereocenters. The standard InChI is InChI=1S/C19H33N5S/c1-20-19(21-13-16-7-5-9-23(2)15-16)22-14-17(18-8-6-12-25-18)24-10-3-4-11-24/h6,8,12,16-17H,3-5,7,9-11,13-15H2,1-2H3,(H2,20,21,22). The molecule has 0 saturated carbocycles. The summed E-state index contributed by atoms with van der Waals surface area (Å²) in [5.41, 5.74) is 0. The molecular formula is C19H33N5S. The van der Waals surface area contributed by atoms with Crippen LogP contribution in [0.2, 0.25) is 0 Å². The van der Waals surface area contributed by atoms with Gasteiger partial charge in [0.1, 0.15) is 0 Å². The lowest BCUT2D eigenvalue weighted by Gasteiger charge is -2.31. The van der Waals surface area contributed by atoms with Gasteiger partial charge in [-0.05, 0) is 69.7 Å². The number of piperidine rings is 1. The van der Waals surface area contributed by atoms with Crippen molar-refractivity contribution in [3.05, 3.63) is 22.4 Å². The Labute approximate surface area is 156 Å². The number of nitrogens with one attached hydrogen (secondary N) is 2. The maximum absolute atomic E-state index is 4.44. The zero-order chi connectivity index (χ0) is 17.5. The van der Waals surface area contributed by atoms with Gasteiger partial charge in [0.05, 0.1) is 6.04 Å². The van der Waals surface area contributed by atoms with Gasteiger partial charge in [0.2, 0.25) is 0 Å². The molecule has 0 amide bonds. The van der Waals surface area contributed by atoms with Crippen molar-refractivity contribution in [1.29, 1.82) is 0 Å². The van der Waals surface area contributed by atoms with E-state index in [0.717, 1.165) is 25.0 Å². The molecule has 2 saturated heterocycles. The van der Waals surface area contributed by atoms with Gasteiger partial charge in [-0.15, -0.1) is 11.3 Å². The quantitative estimate of drug-likeness (QED) is 0.602. The van der Waals surface area contributed by atoms with Gasteiger partial charge in [0.25, 0.3) is 0 Å². The van der Waals surface area contributed by atoms with Crippen LogP contribution in [0.1, 0.15) is 36.6 Å². The average Bonchev–Trinajstić information content (AvgIpc) is 3.32. The van der Waals surface area contributed by atoms with Gasteiger partial charge in [-0.1, -0.05) is 6.07 Å². The minimum atomic E-state index is 0.460. The van der Waals surface area contributed by atoms with E-state index in [0.29, 0.717) is 6.04 Å². The molecule has 2 aliphatic heterocycles. The number of thiophene rings is 1. The molecule has 0 aromatic carbocycles. The lowest BCUT2D eigenvalue weighted by molar-refractivity contribution is 0.210. The normalized spacial score (nSPS) is 24.4. The molecule has 0 bridgehead atoms. The lowest BCUT2D eigenvalue weighted by Crippen LogP contribution is -2.45. The van der Waals surface area contributed by atoms with Crippen LogP contribution < -0.4 is 10.6 Å². The molecule has 140 valence electrons. The second kappa shape index (κ2) is 9.55. The molecule has 0 spiro atoms. The van der Waals surface area contributed by atoms with Crippen molar-refractivity contribution in [1.82, 2.24) is 20.4 Å². The molecule has 25 heavy (non-hydrogen) atoms. The summed E-state index contributed by atoms with van der Waals surface area (Å²) >= 11 is 1.87. The van der Waals surface area contributed by atoms with Crippen molar-refractivity contribution in [2.24, 2.45) is 10.9 Å². The average molecular weight is 364 g/mol. The first-order valence-corrected chi connectivity index (χ1v) is 10.5. The molecule has 1 aromatic rings. The number of aliphatic imine (C=N–C) groups is 1. The number of rotatable bonds is 6. The van der Waals surface area contributed by atoms with Gasteiger partial charge in [0, 0.05) is 31.6 Å². The minimum Gasteiger partial charge on any atom is -0.356 e. The van der Waals surface area contributed by atoms with Gasteiger partial charge < -0.3 is 15.5 Å². The largest absolute Gasteiger partial charge is 0.356 e. The van der Waals surface area contributed by atoms with Crippen LogP contribution in [0, 0.1) is 5.92 Å². The van der Waals surface area contributed by atoms with Gasteiger partial charge in [-0.25, -0.2) is 0 Å². The molecule has 3 rings (SSSR count). The first kappa shape index (κ1) is 18.7. The van der Waals surface area contributed by atoms with E-state index in [1.54, 1.807) is 0 Å². The molecule has 2 aliphatic rings. The van der Waals surface area contributed by atoms with Crippen LogP contribution in [0.3, 0.4) is 0 Å². The fourth-order valence-electron chi connectivity index (χ4n) is 4.04. The van der Waals surface area contributed by atoms with E-state index in [9.17, 15) is 0 Å². The van der Waals surface area contributed by atoms with Crippen molar-refractivity contribution in [3.63, 3.8) is 0 Å². The Bertz CT molecular complexity index is 524. The number of likely N-dealkylation sites (tertiary alicyclic amines) is 2. The molecule has 2 fully saturated rings. The van der Waals surface area contributed by atoms with Gasteiger partial charge >= 0.3 is 0 Å². The molecule has 2 N–H and O–H groups in total. The van der Waals surface area contributed by atoms with E-state index < -0.39 is 0 Å². The number of hydrogen-bond donors (Lipinski definition) is 2. The van der Waals surface area contributed by atoms with E-state index in [2.05, 4.69) is 50.0 Å². The first-order chi connectivity index (χ1) is 12.3. The molecular weight excluding hydrogens is 330 g/mol. The number of nitrogens with zero attached hydrogens (tertiary/aromatic N) is 3. The van der Waals surface area contributed by atoms with E-state index in [-0.39, 0.29) is 0 Å². The summed E-state index contributed by atoms with van der Waals surface area (Å²) in [4.78, 5) is 10.9. The van der Waals surface area contributed by atoms with E-state index in [4.69, 9.17) is 0 Å². The van der Waals surface area contributed by atoms with Crippen LogP contribution in [0.25, 0.3) is 0 Å². The fraction of sp³-hybridized carbons (Fsp3) is 0.737. The van der Waals surface area contributed by atoms with E-state index in [1.165, 1.54) is 56.7 Å². The molecule has 0 radical (unpaired) electrons. The SMILES string of the molecule is CN=C(NCC1CCCN(C)C1)NCC(c1cccs1)N1CCCC1. The molecule has 2 atom stereocenters. The van der Waals surface area contributed by atoms with E-state index >= 15 is 0 Å². The highest BCUT2D eigenvalue weighted by Crippen LogP contribution is 2.27. The summed E-state index contributed by atoms with van der Waals surface area (Å²) in [5.74, 6) is 1.66. The van der Waals surface area contributed by atoms with Gasteiger partial charge in [-0.2, -0.15) is 0 Å². The van der Waals surface area contributed by atoms with Gasteiger partial charge in [0.15, 0.2) is 5.96 Å². The number of hydrogen-bond acceptors (Lipinski definition) is 4. The molecule has 3 heterocycles. The molecule has 1 aromatic heterocycles. The Kier molecular flexibility index (Phi) is 7.13. The highest BCUT2D eigenvalue weighted by atomic mass is 32.1. The third kappa shape index (κ3) is 5.43. The van der Waals surface area contributed by atoms with Crippen molar-refractivity contribution in [2.75, 3.05) is 53.4 Å². The molecule has 6 heteroatoms. The van der Waals surface area contributed by atoms with Crippen LogP contribution >= 0.6 is 11.3 Å². The molecule has 5 nitrogen and oxygen atoms in total.